The number of hydrogen-bond donors (Lipinski definition) is 1. The molecular weight excluding hydrogens is 387 g/mol. The van der Waals surface area contributed by atoms with Crippen molar-refractivity contribution < 1.29 is 14.5 Å². The second-order valence-electron chi connectivity index (χ2n) is 5.00. The molecule has 0 saturated carbocycles. The van der Waals surface area contributed by atoms with Crippen LogP contribution in [0.25, 0.3) is 0 Å². The Kier molecular flexibility index (Phi) is 5.51. The Hall–Kier alpha value is -1.22. The van der Waals surface area contributed by atoms with Crippen molar-refractivity contribution in [2.45, 2.75) is 25.9 Å². The van der Waals surface area contributed by atoms with E-state index in [1.54, 1.807) is 6.07 Å². The minimum Gasteiger partial charge on any atom is -0.378 e. The summed E-state index contributed by atoms with van der Waals surface area (Å²) in [4.78, 5) is 22.5. The highest BCUT2D eigenvalue weighted by molar-refractivity contribution is 14.1. The summed E-state index contributed by atoms with van der Waals surface area (Å²) in [6.07, 6.45) is 2.05. The van der Waals surface area contributed by atoms with Crippen LogP contribution in [0.15, 0.2) is 18.2 Å². The van der Waals surface area contributed by atoms with E-state index in [1.807, 2.05) is 22.6 Å². The van der Waals surface area contributed by atoms with Crippen LogP contribution in [-0.2, 0) is 4.74 Å². The number of nitro benzene ring substituents is 1. The molecule has 21 heavy (non-hydrogen) atoms. The summed E-state index contributed by atoms with van der Waals surface area (Å²) < 4.78 is 6.28. The Labute approximate surface area is 136 Å². The van der Waals surface area contributed by atoms with Crippen LogP contribution in [0.1, 0.15) is 30.1 Å². The molecular formula is C14H17IN2O4. The zero-order chi connectivity index (χ0) is 15.4. The van der Waals surface area contributed by atoms with Crippen LogP contribution in [0.5, 0.6) is 0 Å². The van der Waals surface area contributed by atoms with E-state index in [2.05, 4.69) is 12.2 Å². The van der Waals surface area contributed by atoms with E-state index in [9.17, 15) is 14.9 Å². The predicted molar refractivity (Wildman–Crippen MR) is 86.3 cm³/mol. The highest BCUT2D eigenvalue weighted by atomic mass is 127. The van der Waals surface area contributed by atoms with Crippen molar-refractivity contribution >= 4 is 34.2 Å². The van der Waals surface area contributed by atoms with Gasteiger partial charge in [0.05, 0.1) is 16.6 Å². The first kappa shape index (κ1) is 16.2. The fourth-order valence-corrected chi connectivity index (χ4v) is 3.08. The normalized spacial score (nSPS) is 21.2. The first-order valence-electron chi connectivity index (χ1n) is 6.86. The van der Waals surface area contributed by atoms with Gasteiger partial charge in [0.25, 0.3) is 11.6 Å². The molecule has 0 aliphatic carbocycles. The molecule has 1 aromatic carbocycles. The Morgan fingerprint density at radius 2 is 2.33 bits per heavy atom. The van der Waals surface area contributed by atoms with Gasteiger partial charge >= 0.3 is 0 Å². The van der Waals surface area contributed by atoms with Gasteiger partial charge < -0.3 is 10.1 Å². The second-order valence-corrected chi connectivity index (χ2v) is 6.16. The Morgan fingerprint density at radius 3 is 3.00 bits per heavy atom. The standard InChI is InChI=1S/C14H17IN2O4/c1-2-13-9(5-6-21-13)8-16-14(18)11-7-10(17(19)20)3-4-12(11)15/h3-4,7,9,13H,2,5-6,8H2,1H3,(H,16,18). The van der Waals surface area contributed by atoms with Crippen LogP contribution in [0.4, 0.5) is 5.69 Å². The molecule has 1 aliphatic rings. The highest BCUT2D eigenvalue weighted by Gasteiger charge is 2.27. The molecule has 1 fully saturated rings. The summed E-state index contributed by atoms with van der Waals surface area (Å²) >= 11 is 2.01. The third kappa shape index (κ3) is 3.91. The Balaban J connectivity index is 2.03. The van der Waals surface area contributed by atoms with Gasteiger partial charge in [0.1, 0.15) is 0 Å². The lowest BCUT2D eigenvalue weighted by molar-refractivity contribution is -0.384. The molecule has 0 radical (unpaired) electrons. The van der Waals surface area contributed by atoms with Gasteiger partial charge in [-0.05, 0) is 41.5 Å². The summed E-state index contributed by atoms with van der Waals surface area (Å²) in [6.45, 7) is 3.33. The van der Waals surface area contributed by atoms with Gasteiger partial charge in [0.15, 0.2) is 0 Å². The maximum absolute atomic E-state index is 12.2. The van der Waals surface area contributed by atoms with Crippen molar-refractivity contribution in [3.8, 4) is 0 Å². The molecule has 0 bridgehead atoms. The van der Waals surface area contributed by atoms with Crippen LogP contribution in [-0.4, -0.2) is 30.1 Å². The molecule has 1 aromatic rings. The highest BCUT2D eigenvalue weighted by Crippen LogP contribution is 2.23. The number of carbonyl (C=O) groups excluding carboxylic acids is 1. The van der Waals surface area contributed by atoms with Gasteiger partial charge in [-0.15, -0.1) is 0 Å². The molecule has 1 aliphatic heterocycles. The van der Waals surface area contributed by atoms with E-state index in [0.29, 0.717) is 21.6 Å². The first-order valence-corrected chi connectivity index (χ1v) is 7.94. The molecule has 1 saturated heterocycles. The van der Waals surface area contributed by atoms with Crippen molar-refractivity contribution in [2.24, 2.45) is 5.92 Å². The lowest BCUT2D eigenvalue weighted by atomic mass is 9.99. The number of non-ortho nitro benzene ring substituents is 1. The van der Waals surface area contributed by atoms with E-state index in [0.717, 1.165) is 19.4 Å². The molecule has 7 heteroatoms. The number of carbonyl (C=O) groups is 1. The smallest absolute Gasteiger partial charge is 0.270 e. The zero-order valence-electron chi connectivity index (χ0n) is 11.7. The third-order valence-electron chi connectivity index (χ3n) is 3.68. The molecule has 0 spiro atoms. The Bertz CT molecular complexity index is 550. The topological polar surface area (TPSA) is 81.5 Å². The summed E-state index contributed by atoms with van der Waals surface area (Å²) in [6, 6.07) is 4.30. The van der Waals surface area contributed by atoms with Gasteiger partial charge in [-0.1, -0.05) is 6.92 Å². The predicted octanol–water partition coefficient (Wildman–Crippen LogP) is 2.74. The second kappa shape index (κ2) is 7.17. The third-order valence-corrected chi connectivity index (χ3v) is 4.62. The molecule has 2 rings (SSSR count). The SMILES string of the molecule is CCC1OCCC1CNC(=O)c1cc([N+](=O)[O-])ccc1I. The molecule has 1 N–H and O–H groups in total. The number of nitro groups is 1. The summed E-state index contributed by atoms with van der Waals surface area (Å²) in [5, 5.41) is 13.7. The molecule has 0 aromatic heterocycles. The van der Waals surface area contributed by atoms with Crippen LogP contribution in [0, 0.1) is 19.6 Å². The fraction of sp³-hybridized carbons (Fsp3) is 0.500. The van der Waals surface area contributed by atoms with E-state index >= 15 is 0 Å². The number of hydrogen-bond acceptors (Lipinski definition) is 4. The van der Waals surface area contributed by atoms with Crippen molar-refractivity contribution in [3.63, 3.8) is 0 Å². The number of nitrogens with zero attached hydrogens (tertiary/aromatic N) is 1. The maximum Gasteiger partial charge on any atom is 0.270 e. The minimum absolute atomic E-state index is 0.0730. The zero-order valence-corrected chi connectivity index (χ0v) is 13.8. The summed E-state index contributed by atoms with van der Waals surface area (Å²) in [5.74, 6) is 0.0418. The van der Waals surface area contributed by atoms with Crippen molar-refractivity contribution in [1.29, 1.82) is 0 Å². The van der Waals surface area contributed by atoms with Crippen LogP contribution < -0.4 is 5.32 Å². The van der Waals surface area contributed by atoms with Crippen molar-refractivity contribution in [2.75, 3.05) is 13.2 Å². The van der Waals surface area contributed by atoms with Gasteiger partial charge in [-0.25, -0.2) is 0 Å². The first-order chi connectivity index (χ1) is 10.0. The van der Waals surface area contributed by atoms with Gasteiger partial charge in [-0.2, -0.15) is 0 Å². The monoisotopic (exact) mass is 404 g/mol. The summed E-state index contributed by atoms with van der Waals surface area (Å²) in [7, 11) is 0. The largest absolute Gasteiger partial charge is 0.378 e. The van der Waals surface area contributed by atoms with E-state index in [1.165, 1.54) is 12.1 Å². The minimum atomic E-state index is -0.495. The maximum atomic E-state index is 12.2. The number of benzene rings is 1. The molecule has 114 valence electrons. The molecule has 1 heterocycles. The molecule has 2 unspecified atom stereocenters. The average molecular weight is 404 g/mol. The van der Waals surface area contributed by atoms with E-state index < -0.39 is 4.92 Å². The average Bonchev–Trinajstić information content (AvgIpc) is 2.92. The Morgan fingerprint density at radius 1 is 1.57 bits per heavy atom. The van der Waals surface area contributed by atoms with Crippen LogP contribution >= 0.6 is 22.6 Å². The van der Waals surface area contributed by atoms with E-state index in [4.69, 9.17) is 4.74 Å². The summed E-state index contributed by atoms with van der Waals surface area (Å²) in [5.41, 5.74) is 0.271. The molecule has 6 nitrogen and oxygen atoms in total. The van der Waals surface area contributed by atoms with Crippen molar-refractivity contribution in [1.82, 2.24) is 5.32 Å². The number of amides is 1. The fourth-order valence-electron chi connectivity index (χ4n) is 2.50. The van der Waals surface area contributed by atoms with Crippen LogP contribution in [0.3, 0.4) is 0 Å². The number of rotatable bonds is 5. The van der Waals surface area contributed by atoms with Crippen molar-refractivity contribution in [3.05, 3.63) is 37.4 Å². The molecule has 2 atom stereocenters. The lowest BCUT2D eigenvalue weighted by Gasteiger charge is -2.17. The van der Waals surface area contributed by atoms with Gasteiger partial charge in [0.2, 0.25) is 0 Å². The van der Waals surface area contributed by atoms with E-state index in [-0.39, 0.29) is 17.7 Å². The lowest BCUT2D eigenvalue weighted by Crippen LogP contribution is -2.33. The van der Waals surface area contributed by atoms with Gasteiger partial charge in [-0.3, -0.25) is 14.9 Å². The van der Waals surface area contributed by atoms with Crippen LogP contribution in [0.2, 0.25) is 0 Å². The number of ether oxygens (including phenoxy) is 1. The number of halogens is 1. The number of nitrogens with one attached hydrogen (secondary N) is 1. The quantitative estimate of drug-likeness (QED) is 0.465. The molecule has 1 amide bonds. The van der Waals surface area contributed by atoms with Gasteiger partial charge in [0, 0.05) is 34.8 Å².